The first-order valence-corrected chi connectivity index (χ1v) is 8.03. The van der Waals surface area contributed by atoms with Crippen LogP contribution in [-0.4, -0.2) is 36.0 Å². The van der Waals surface area contributed by atoms with Crippen LogP contribution in [0.4, 0.5) is 5.69 Å². The Labute approximate surface area is 120 Å². The van der Waals surface area contributed by atoms with Crippen LogP contribution in [0.15, 0.2) is 12.1 Å². The second kappa shape index (κ2) is 6.48. The van der Waals surface area contributed by atoms with Gasteiger partial charge in [-0.25, -0.2) is 0 Å². The summed E-state index contributed by atoms with van der Waals surface area (Å²) in [6.07, 6.45) is 1.81. The quantitative estimate of drug-likeness (QED) is 0.929. The van der Waals surface area contributed by atoms with Crippen LogP contribution in [0.5, 0.6) is 11.5 Å². The van der Waals surface area contributed by atoms with E-state index in [1.807, 2.05) is 6.07 Å². The van der Waals surface area contributed by atoms with Crippen molar-refractivity contribution in [1.29, 1.82) is 0 Å². The second-order valence-corrected chi connectivity index (χ2v) is 6.56. The molecule has 1 aromatic rings. The topological polar surface area (TPSA) is 47.6 Å². The molecule has 0 spiro atoms. The summed E-state index contributed by atoms with van der Waals surface area (Å²) >= 11 is 6.07. The van der Waals surface area contributed by atoms with Crippen LogP contribution in [0, 0.1) is 0 Å². The Bertz CT molecular complexity index is 471. The van der Waals surface area contributed by atoms with Crippen molar-refractivity contribution in [3.05, 3.63) is 17.2 Å². The number of anilines is 1. The minimum atomic E-state index is -0.653. The highest BCUT2D eigenvalue weighted by Crippen LogP contribution is 2.36. The third-order valence-electron chi connectivity index (χ3n) is 3.22. The Morgan fingerprint density at radius 2 is 1.84 bits per heavy atom. The molecule has 2 rings (SSSR count). The van der Waals surface area contributed by atoms with Gasteiger partial charge < -0.3 is 14.8 Å². The van der Waals surface area contributed by atoms with Crippen LogP contribution in [0.25, 0.3) is 0 Å². The molecule has 1 fully saturated rings. The number of hydrogen-bond donors (Lipinski definition) is 1. The monoisotopic (exact) mass is 303 g/mol. The molecule has 0 radical (unpaired) electrons. The highest BCUT2D eigenvalue weighted by molar-refractivity contribution is 7.85. The van der Waals surface area contributed by atoms with Gasteiger partial charge in [-0.3, -0.25) is 4.21 Å². The number of rotatable bonds is 4. The van der Waals surface area contributed by atoms with E-state index < -0.39 is 10.8 Å². The summed E-state index contributed by atoms with van der Waals surface area (Å²) in [7, 11) is 2.54. The molecule has 4 nitrogen and oxygen atoms in total. The summed E-state index contributed by atoms with van der Waals surface area (Å²) in [4.78, 5) is 0. The molecule has 0 saturated carbocycles. The van der Waals surface area contributed by atoms with Gasteiger partial charge in [-0.2, -0.15) is 0 Å². The summed E-state index contributed by atoms with van der Waals surface area (Å²) in [5.41, 5.74) is 0.862. The van der Waals surface area contributed by atoms with Gasteiger partial charge in [-0.1, -0.05) is 11.6 Å². The predicted octanol–water partition coefficient (Wildman–Crippen LogP) is 2.68. The molecule has 1 aliphatic heterocycles. The Morgan fingerprint density at radius 1 is 1.21 bits per heavy atom. The van der Waals surface area contributed by atoms with Crippen LogP contribution in [-0.2, 0) is 10.8 Å². The normalized spacial score (nSPS) is 22.9. The molecule has 19 heavy (non-hydrogen) atoms. The number of hydrogen-bond acceptors (Lipinski definition) is 4. The van der Waals surface area contributed by atoms with E-state index in [9.17, 15) is 4.21 Å². The van der Waals surface area contributed by atoms with Crippen molar-refractivity contribution in [3.8, 4) is 11.5 Å². The number of benzene rings is 1. The van der Waals surface area contributed by atoms with E-state index in [0.29, 0.717) is 22.6 Å². The maximum atomic E-state index is 11.4. The van der Waals surface area contributed by atoms with Gasteiger partial charge >= 0.3 is 0 Å². The van der Waals surface area contributed by atoms with Crippen molar-refractivity contribution in [3.63, 3.8) is 0 Å². The van der Waals surface area contributed by atoms with Gasteiger partial charge in [0, 0.05) is 40.5 Å². The van der Waals surface area contributed by atoms with Gasteiger partial charge in [0.15, 0.2) is 0 Å². The second-order valence-electron chi connectivity index (χ2n) is 4.45. The van der Waals surface area contributed by atoms with E-state index in [-0.39, 0.29) is 0 Å². The van der Waals surface area contributed by atoms with Crippen LogP contribution >= 0.6 is 11.6 Å². The maximum Gasteiger partial charge on any atom is 0.143 e. The van der Waals surface area contributed by atoms with E-state index in [2.05, 4.69) is 5.32 Å². The molecular formula is C13H18ClNO3S. The average molecular weight is 304 g/mol. The standard InChI is InChI=1S/C13H18ClNO3S/c1-17-12-8-11(13(18-2)7-10(12)14)15-9-3-5-19(16)6-4-9/h7-9,15H,3-6H2,1-2H3. The van der Waals surface area contributed by atoms with Gasteiger partial charge in [-0.15, -0.1) is 0 Å². The Balaban J connectivity index is 2.16. The minimum Gasteiger partial charge on any atom is -0.495 e. The van der Waals surface area contributed by atoms with E-state index in [0.717, 1.165) is 30.0 Å². The molecule has 1 saturated heterocycles. The fourth-order valence-corrected chi connectivity index (χ4v) is 3.66. The third-order valence-corrected chi connectivity index (χ3v) is 4.90. The molecule has 1 aromatic carbocycles. The summed E-state index contributed by atoms with van der Waals surface area (Å²) in [5, 5.41) is 3.95. The fourth-order valence-electron chi connectivity index (χ4n) is 2.13. The first-order chi connectivity index (χ1) is 9.13. The molecule has 1 heterocycles. The lowest BCUT2D eigenvalue weighted by Crippen LogP contribution is -2.29. The molecular weight excluding hydrogens is 286 g/mol. The van der Waals surface area contributed by atoms with Crippen LogP contribution < -0.4 is 14.8 Å². The molecule has 6 heteroatoms. The third kappa shape index (κ3) is 3.54. The van der Waals surface area contributed by atoms with Gasteiger partial charge in [0.25, 0.3) is 0 Å². The predicted molar refractivity (Wildman–Crippen MR) is 79.1 cm³/mol. The van der Waals surface area contributed by atoms with Crippen molar-refractivity contribution >= 4 is 28.1 Å². The number of methoxy groups -OCH3 is 2. The number of halogens is 1. The zero-order valence-corrected chi connectivity index (χ0v) is 12.6. The van der Waals surface area contributed by atoms with Crippen molar-refractivity contribution in [1.82, 2.24) is 0 Å². The largest absolute Gasteiger partial charge is 0.495 e. The van der Waals surface area contributed by atoms with Crippen LogP contribution in [0.2, 0.25) is 5.02 Å². The highest BCUT2D eigenvalue weighted by Gasteiger charge is 2.19. The molecule has 0 aliphatic carbocycles. The fraction of sp³-hybridized carbons (Fsp3) is 0.538. The Kier molecular flexibility index (Phi) is 4.93. The van der Waals surface area contributed by atoms with Gasteiger partial charge in [-0.05, 0) is 12.8 Å². The van der Waals surface area contributed by atoms with E-state index >= 15 is 0 Å². The molecule has 0 unspecified atom stereocenters. The SMILES string of the molecule is COc1cc(NC2CCS(=O)CC2)c(OC)cc1Cl. The Morgan fingerprint density at radius 3 is 2.42 bits per heavy atom. The van der Waals surface area contributed by atoms with Crippen molar-refractivity contribution in [2.45, 2.75) is 18.9 Å². The molecule has 0 amide bonds. The first kappa shape index (κ1) is 14.5. The summed E-state index contributed by atoms with van der Waals surface area (Å²) in [5.74, 6) is 2.82. The minimum absolute atomic E-state index is 0.317. The lowest BCUT2D eigenvalue weighted by atomic mass is 10.1. The van der Waals surface area contributed by atoms with E-state index in [4.69, 9.17) is 21.1 Å². The van der Waals surface area contributed by atoms with Gasteiger partial charge in [0.2, 0.25) is 0 Å². The van der Waals surface area contributed by atoms with Gasteiger partial charge in [0.05, 0.1) is 24.9 Å². The lowest BCUT2D eigenvalue weighted by Gasteiger charge is -2.25. The molecule has 0 atom stereocenters. The molecule has 1 aliphatic rings. The summed E-state index contributed by atoms with van der Waals surface area (Å²) < 4.78 is 21.9. The Hall–Kier alpha value is -0.940. The maximum absolute atomic E-state index is 11.4. The number of ether oxygens (including phenoxy) is 2. The summed E-state index contributed by atoms with van der Waals surface area (Å²) in [6.45, 7) is 0. The van der Waals surface area contributed by atoms with Crippen LogP contribution in [0.3, 0.4) is 0 Å². The van der Waals surface area contributed by atoms with Crippen molar-refractivity contribution in [2.24, 2.45) is 0 Å². The number of nitrogens with one attached hydrogen (secondary N) is 1. The summed E-state index contributed by atoms with van der Waals surface area (Å²) in [6, 6.07) is 3.90. The average Bonchev–Trinajstić information content (AvgIpc) is 2.42. The van der Waals surface area contributed by atoms with Crippen molar-refractivity contribution < 1.29 is 13.7 Å². The van der Waals surface area contributed by atoms with Gasteiger partial charge in [0.1, 0.15) is 11.5 Å². The zero-order chi connectivity index (χ0) is 13.8. The molecule has 0 bridgehead atoms. The van der Waals surface area contributed by atoms with Crippen LogP contribution in [0.1, 0.15) is 12.8 Å². The zero-order valence-electron chi connectivity index (χ0n) is 11.1. The smallest absolute Gasteiger partial charge is 0.143 e. The highest BCUT2D eigenvalue weighted by atomic mass is 35.5. The molecule has 0 aromatic heterocycles. The van der Waals surface area contributed by atoms with E-state index in [1.54, 1.807) is 20.3 Å². The lowest BCUT2D eigenvalue weighted by molar-refractivity contribution is 0.404. The van der Waals surface area contributed by atoms with E-state index in [1.165, 1.54) is 0 Å². The van der Waals surface area contributed by atoms with Crippen molar-refractivity contribution in [2.75, 3.05) is 31.0 Å². The molecule has 1 N–H and O–H groups in total. The molecule has 106 valence electrons. The first-order valence-electron chi connectivity index (χ1n) is 6.17.